The van der Waals surface area contributed by atoms with Crippen LogP contribution in [0, 0.1) is 11.6 Å². The van der Waals surface area contributed by atoms with Gasteiger partial charge in [0.1, 0.15) is 18.2 Å². The number of benzene rings is 2. The van der Waals surface area contributed by atoms with Gasteiger partial charge in [-0.05, 0) is 63.2 Å². The van der Waals surface area contributed by atoms with Crippen molar-refractivity contribution in [1.82, 2.24) is 14.4 Å². The largest absolute Gasteiger partial charge is 0.342 e. The summed E-state index contributed by atoms with van der Waals surface area (Å²) in [5.74, 6) is -1.08. The molecule has 170 valence electrons. The number of hydrogen-bond donors (Lipinski definition) is 1. The minimum absolute atomic E-state index is 0.0464. The first kappa shape index (κ1) is 23.2. The second-order valence-corrected chi connectivity index (χ2v) is 7.67. The van der Waals surface area contributed by atoms with E-state index in [0.717, 1.165) is 29.1 Å². The van der Waals surface area contributed by atoms with E-state index in [0.29, 0.717) is 18.8 Å². The minimum Gasteiger partial charge on any atom is -0.342 e. The number of rotatable bonds is 7. The number of nitrogens with zero attached hydrogens (tertiary/aromatic N) is 3. The number of halogens is 2. The van der Waals surface area contributed by atoms with Crippen LogP contribution >= 0.6 is 0 Å². The van der Waals surface area contributed by atoms with Crippen molar-refractivity contribution in [3.05, 3.63) is 65.9 Å². The molecular formula is C24H28F2N4O2. The van der Waals surface area contributed by atoms with Crippen molar-refractivity contribution in [3.63, 3.8) is 0 Å². The molecule has 0 aliphatic heterocycles. The number of urea groups is 1. The van der Waals surface area contributed by atoms with Gasteiger partial charge in [0.15, 0.2) is 0 Å². The van der Waals surface area contributed by atoms with E-state index < -0.39 is 23.7 Å². The van der Waals surface area contributed by atoms with Crippen LogP contribution in [-0.2, 0) is 11.3 Å². The van der Waals surface area contributed by atoms with Crippen molar-refractivity contribution in [2.24, 2.45) is 0 Å². The van der Waals surface area contributed by atoms with Crippen LogP contribution in [0.3, 0.4) is 0 Å². The zero-order valence-electron chi connectivity index (χ0n) is 18.7. The molecule has 2 aromatic carbocycles. The maximum Gasteiger partial charge on any atom is 0.322 e. The monoisotopic (exact) mass is 442 g/mol. The van der Waals surface area contributed by atoms with Gasteiger partial charge in [-0.2, -0.15) is 0 Å². The number of hydrogen-bond acceptors (Lipinski definition) is 2. The molecule has 8 heteroatoms. The Balaban J connectivity index is 1.73. The Morgan fingerprint density at radius 3 is 2.47 bits per heavy atom. The molecule has 0 spiro atoms. The number of carbonyl (C=O) groups excluding carboxylic acids is 2. The lowest BCUT2D eigenvalue weighted by atomic mass is 10.1. The standard InChI is InChI=1S/C24H28F2N4O2/c1-5-29(6-2)23(31)15-30-12-11-17-13-19(8-10-22(17)30)27-24(32)28(4)16(3)20-14-18(25)7-9-21(20)26/h7-14,16H,5-6,15H2,1-4H3,(H,27,32). The average Bonchev–Trinajstić information content (AvgIpc) is 3.17. The Labute approximate surface area is 186 Å². The first-order valence-corrected chi connectivity index (χ1v) is 10.6. The van der Waals surface area contributed by atoms with Crippen LogP contribution in [0.4, 0.5) is 19.3 Å². The van der Waals surface area contributed by atoms with Gasteiger partial charge in [-0.1, -0.05) is 0 Å². The summed E-state index contributed by atoms with van der Waals surface area (Å²) in [6.07, 6.45) is 1.85. The fourth-order valence-electron chi connectivity index (χ4n) is 3.67. The lowest BCUT2D eigenvalue weighted by Crippen LogP contribution is -2.34. The van der Waals surface area contributed by atoms with Gasteiger partial charge < -0.3 is 19.7 Å². The molecule has 1 aromatic heterocycles. The van der Waals surface area contributed by atoms with E-state index in [9.17, 15) is 18.4 Å². The molecule has 6 nitrogen and oxygen atoms in total. The molecule has 1 heterocycles. The Bertz CT molecular complexity index is 1120. The molecule has 1 N–H and O–H groups in total. The number of nitrogens with one attached hydrogen (secondary N) is 1. The lowest BCUT2D eigenvalue weighted by molar-refractivity contribution is -0.131. The van der Waals surface area contributed by atoms with E-state index >= 15 is 0 Å². The molecule has 1 atom stereocenters. The summed E-state index contributed by atoms with van der Waals surface area (Å²) in [5.41, 5.74) is 1.55. The Morgan fingerprint density at radius 1 is 1.06 bits per heavy atom. The Hall–Kier alpha value is -3.42. The van der Waals surface area contributed by atoms with E-state index in [1.165, 1.54) is 11.9 Å². The zero-order valence-corrected chi connectivity index (χ0v) is 18.7. The molecule has 3 amide bonds. The summed E-state index contributed by atoms with van der Waals surface area (Å²) >= 11 is 0. The quantitative estimate of drug-likeness (QED) is 0.559. The van der Waals surface area contributed by atoms with E-state index in [2.05, 4.69) is 5.32 Å². The predicted molar refractivity (Wildman–Crippen MR) is 121 cm³/mol. The maximum atomic E-state index is 14.1. The molecule has 0 fully saturated rings. The van der Waals surface area contributed by atoms with Crippen LogP contribution in [0.15, 0.2) is 48.7 Å². The summed E-state index contributed by atoms with van der Waals surface area (Å²) in [6, 6.07) is 9.37. The van der Waals surface area contributed by atoms with Crippen molar-refractivity contribution in [2.75, 3.05) is 25.5 Å². The third-order valence-corrected chi connectivity index (χ3v) is 5.75. The average molecular weight is 443 g/mol. The Morgan fingerprint density at radius 2 is 1.78 bits per heavy atom. The molecule has 0 saturated carbocycles. The maximum absolute atomic E-state index is 14.1. The number of anilines is 1. The highest BCUT2D eigenvalue weighted by Crippen LogP contribution is 2.25. The summed E-state index contributed by atoms with van der Waals surface area (Å²) in [7, 11) is 1.53. The summed E-state index contributed by atoms with van der Waals surface area (Å²) in [6.45, 7) is 7.10. The van der Waals surface area contributed by atoms with Gasteiger partial charge >= 0.3 is 6.03 Å². The summed E-state index contributed by atoms with van der Waals surface area (Å²) < 4.78 is 29.5. The SMILES string of the molecule is CCN(CC)C(=O)Cn1ccc2cc(NC(=O)N(C)C(C)c3cc(F)ccc3F)ccc21. The van der Waals surface area contributed by atoms with Gasteiger partial charge in [-0.15, -0.1) is 0 Å². The number of fused-ring (bicyclic) bond motifs is 1. The van der Waals surface area contributed by atoms with Crippen molar-refractivity contribution >= 4 is 28.5 Å². The summed E-state index contributed by atoms with van der Waals surface area (Å²) in [4.78, 5) is 28.2. The van der Waals surface area contributed by atoms with Gasteiger partial charge in [0.2, 0.25) is 5.91 Å². The van der Waals surface area contributed by atoms with Crippen molar-refractivity contribution in [2.45, 2.75) is 33.4 Å². The molecule has 32 heavy (non-hydrogen) atoms. The van der Waals surface area contributed by atoms with Gasteiger partial charge in [-0.3, -0.25) is 4.79 Å². The molecule has 0 aliphatic rings. The highest BCUT2D eigenvalue weighted by Gasteiger charge is 2.21. The second kappa shape index (κ2) is 9.80. The van der Waals surface area contributed by atoms with Gasteiger partial charge in [0.05, 0.1) is 6.04 Å². The predicted octanol–water partition coefficient (Wildman–Crippen LogP) is 5.01. The topological polar surface area (TPSA) is 57.6 Å². The van der Waals surface area contributed by atoms with Crippen LogP contribution in [-0.4, -0.2) is 46.4 Å². The van der Waals surface area contributed by atoms with Crippen molar-refractivity contribution in [1.29, 1.82) is 0 Å². The first-order chi connectivity index (χ1) is 15.2. The molecule has 0 aliphatic carbocycles. The molecule has 3 rings (SSSR count). The van der Waals surface area contributed by atoms with Crippen LogP contribution < -0.4 is 5.32 Å². The lowest BCUT2D eigenvalue weighted by Gasteiger charge is -2.26. The summed E-state index contributed by atoms with van der Waals surface area (Å²) in [5, 5.41) is 3.67. The highest BCUT2D eigenvalue weighted by atomic mass is 19.1. The molecule has 1 unspecified atom stereocenters. The van der Waals surface area contributed by atoms with E-state index in [1.807, 2.05) is 42.8 Å². The molecule has 3 aromatic rings. The van der Waals surface area contributed by atoms with Crippen LogP contribution in [0.2, 0.25) is 0 Å². The van der Waals surface area contributed by atoms with Gasteiger partial charge in [0, 0.05) is 48.5 Å². The molecule has 0 bridgehead atoms. The fraction of sp³-hybridized carbons (Fsp3) is 0.333. The van der Waals surface area contributed by atoms with Gasteiger partial charge in [0.25, 0.3) is 0 Å². The van der Waals surface area contributed by atoms with Crippen molar-refractivity contribution in [3.8, 4) is 0 Å². The molecular weight excluding hydrogens is 414 g/mol. The van der Waals surface area contributed by atoms with Crippen LogP contribution in [0.5, 0.6) is 0 Å². The number of amides is 3. The van der Waals surface area contributed by atoms with Crippen LogP contribution in [0.25, 0.3) is 10.9 Å². The first-order valence-electron chi connectivity index (χ1n) is 10.6. The number of aromatic nitrogens is 1. The number of likely N-dealkylation sites (N-methyl/N-ethyl adjacent to an activating group) is 1. The highest BCUT2D eigenvalue weighted by molar-refractivity contribution is 5.93. The smallest absolute Gasteiger partial charge is 0.322 e. The second-order valence-electron chi connectivity index (χ2n) is 7.67. The zero-order chi connectivity index (χ0) is 23.4. The van der Waals surface area contributed by atoms with Gasteiger partial charge in [-0.25, -0.2) is 13.6 Å². The minimum atomic E-state index is -0.665. The molecule has 0 saturated heterocycles. The third kappa shape index (κ3) is 4.90. The Kier molecular flexibility index (Phi) is 7.12. The normalized spacial score (nSPS) is 11.9. The third-order valence-electron chi connectivity index (χ3n) is 5.75. The fourth-order valence-corrected chi connectivity index (χ4v) is 3.67. The van der Waals surface area contributed by atoms with Crippen LogP contribution in [0.1, 0.15) is 32.4 Å². The van der Waals surface area contributed by atoms with E-state index in [4.69, 9.17) is 0 Å². The molecule has 0 radical (unpaired) electrons. The van der Waals surface area contributed by atoms with Crippen molar-refractivity contribution < 1.29 is 18.4 Å². The van der Waals surface area contributed by atoms with E-state index in [1.54, 1.807) is 17.9 Å². The number of carbonyl (C=O) groups is 2. The van der Waals surface area contributed by atoms with E-state index in [-0.39, 0.29) is 18.0 Å².